The molecule has 2 aromatic carbocycles. The molecule has 2 nitrogen and oxygen atoms in total. The fourth-order valence-corrected chi connectivity index (χ4v) is 2.33. The van der Waals surface area contributed by atoms with E-state index >= 15 is 0 Å². The van der Waals surface area contributed by atoms with Crippen molar-refractivity contribution in [3.05, 3.63) is 69.5 Å². The van der Waals surface area contributed by atoms with Gasteiger partial charge in [0, 0.05) is 11.6 Å². The molecule has 0 saturated heterocycles. The van der Waals surface area contributed by atoms with Crippen molar-refractivity contribution in [2.24, 2.45) is 5.84 Å². The topological polar surface area (TPSA) is 38.0 Å². The summed E-state index contributed by atoms with van der Waals surface area (Å²) in [5, 5.41) is -0.0148. The van der Waals surface area contributed by atoms with Crippen LogP contribution in [-0.4, -0.2) is 0 Å². The second-order valence-electron chi connectivity index (χ2n) is 4.76. The van der Waals surface area contributed by atoms with Crippen LogP contribution in [0.4, 0.5) is 13.2 Å². The zero-order valence-corrected chi connectivity index (χ0v) is 12.0. The van der Waals surface area contributed by atoms with E-state index in [2.05, 4.69) is 5.43 Å². The minimum atomic E-state index is -0.733. The molecule has 21 heavy (non-hydrogen) atoms. The maximum Gasteiger partial charge on any atom is 0.145 e. The molecule has 0 fully saturated rings. The maximum absolute atomic E-state index is 13.9. The normalized spacial score (nSPS) is 12.5. The van der Waals surface area contributed by atoms with Gasteiger partial charge < -0.3 is 0 Å². The smallest absolute Gasteiger partial charge is 0.145 e. The molecule has 1 atom stereocenters. The molecule has 2 aromatic rings. The molecule has 0 saturated carbocycles. The van der Waals surface area contributed by atoms with E-state index in [1.807, 2.05) is 0 Å². The Morgan fingerprint density at radius 3 is 2.57 bits per heavy atom. The van der Waals surface area contributed by atoms with E-state index in [1.54, 1.807) is 12.1 Å². The summed E-state index contributed by atoms with van der Waals surface area (Å²) in [7, 11) is 0. The SMILES string of the molecule is Cc1cc(C(Cc2cccc(Cl)c2F)NN)c(F)cc1F. The van der Waals surface area contributed by atoms with Gasteiger partial charge in [0.05, 0.1) is 11.1 Å². The van der Waals surface area contributed by atoms with Gasteiger partial charge in [-0.1, -0.05) is 23.7 Å². The minimum absolute atomic E-state index is 0.0148. The number of benzene rings is 2. The van der Waals surface area contributed by atoms with Gasteiger partial charge in [-0.2, -0.15) is 0 Å². The number of halogens is 4. The monoisotopic (exact) mass is 314 g/mol. The Morgan fingerprint density at radius 1 is 1.19 bits per heavy atom. The highest BCUT2D eigenvalue weighted by Crippen LogP contribution is 2.26. The van der Waals surface area contributed by atoms with E-state index in [-0.39, 0.29) is 17.0 Å². The summed E-state index contributed by atoms with van der Waals surface area (Å²) < 4.78 is 41.1. The van der Waals surface area contributed by atoms with E-state index < -0.39 is 23.5 Å². The second kappa shape index (κ2) is 6.47. The van der Waals surface area contributed by atoms with E-state index in [4.69, 9.17) is 17.4 Å². The largest absolute Gasteiger partial charge is 0.271 e. The van der Waals surface area contributed by atoms with Crippen molar-refractivity contribution in [3.8, 4) is 0 Å². The Kier molecular flexibility index (Phi) is 4.88. The molecule has 0 aromatic heterocycles. The molecule has 0 aliphatic heterocycles. The van der Waals surface area contributed by atoms with E-state index in [1.165, 1.54) is 19.1 Å². The van der Waals surface area contributed by atoms with Crippen molar-refractivity contribution < 1.29 is 13.2 Å². The number of rotatable bonds is 4. The number of aryl methyl sites for hydroxylation is 1. The molecule has 2 rings (SSSR count). The summed E-state index contributed by atoms with van der Waals surface area (Å²) in [6, 6.07) is 6.02. The number of hydrazine groups is 1. The third-order valence-electron chi connectivity index (χ3n) is 3.31. The van der Waals surface area contributed by atoms with Crippen molar-refractivity contribution in [2.75, 3.05) is 0 Å². The molecule has 0 aliphatic rings. The van der Waals surface area contributed by atoms with Crippen molar-refractivity contribution >= 4 is 11.6 Å². The standard InChI is InChI=1S/C15H14ClF3N2/c1-8-5-10(13(18)7-12(8)17)14(21-20)6-9-3-2-4-11(16)15(9)19/h2-5,7,14,21H,6,20H2,1H3. The van der Waals surface area contributed by atoms with Crippen LogP contribution in [-0.2, 0) is 6.42 Å². The average molecular weight is 315 g/mol. The van der Waals surface area contributed by atoms with Crippen LogP contribution in [0.15, 0.2) is 30.3 Å². The van der Waals surface area contributed by atoms with Gasteiger partial charge in [-0.3, -0.25) is 11.3 Å². The molecule has 0 spiro atoms. The first-order valence-corrected chi connectivity index (χ1v) is 6.66. The van der Waals surface area contributed by atoms with Gasteiger partial charge in [0.1, 0.15) is 17.5 Å². The fraction of sp³-hybridized carbons (Fsp3) is 0.200. The van der Waals surface area contributed by atoms with Gasteiger partial charge in [-0.05, 0) is 36.6 Å². The van der Waals surface area contributed by atoms with Crippen LogP contribution in [0.2, 0.25) is 5.02 Å². The Balaban J connectivity index is 2.37. The number of nitrogens with one attached hydrogen (secondary N) is 1. The fourth-order valence-electron chi connectivity index (χ4n) is 2.13. The van der Waals surface area contributed by atoms with E-state index in [0.29, 0.717) is 11.1 Å². The van der Waals surface area contributed by atoms with Gasteiger partial charge >= 0.3 is 0 Å². The van der Waals surface area contributed by atoms with Crippen LogP contribution in [0.1, 0.15) is 22.7 Å². The van der Waals surface area contributed by atoms with Gasteiger partial charge in [0.15, 0.2) is 0 Å². The number of hydrogen-bond acceptors (Lipinski definition) is 2. The van der Waals surface area contributed by atoms with Crippen molar-refractivity contribution in [1.82, 2.24) is 5.43 Å². The predicted octanol–water partition coefficient (Wildman–Crippen LogP) is 3.81. The minimum Gasteiger partial charge on any atom is -0.271 e. The molecule has 1 unspecified atom stereocenters. The van der Waals surface area contributed by atoms with Gasteiger partial charge in [0.2, 0.25) is 0 Å². The maximum atomic E-state index is 13.9. The highest BCUT2D eigenvalue weighted by atomic mass is 35.5. The Morgan fingerprint density at radius 2 is 1.90 bits per heavy atom. The molecule has 0 bridgehead atoms. The lowest BCUT2D eigenvalue weighted by Crippen LogP contribution is -2.30. The lowest BCUT2D eigenvalue weighted by molar-refractivity contribution is 0.491. The van der Waals surface area contributed by atoms with Crippen LogP contribution in [0.5, 0.6) is 0 Å². The zero-order chi connectivity index (χ0) is 15.6. The van der Waals surface area contributed by atoms with Crippen molar-refractivity contribution in [3.63, 3.8) is 0 Å². The van der Waals surface area contributed by atoms with E-state index in [9.17, 15) is 13.2 Å². The summed E-state index contributed by atoms with van der Waals surface area (Å²) in [4.78, 5) is 0. The molecule has 0 amide bonds. The van der Waals surface area contributed by atoms with Gasteiger partial charge in [-0.15, -0.1) is 0 Å². The molecular formula is C15H14ClF3N2. The lowest BCUT2D eigenvalue weighted by atomic mass is 9.97. The molecule has 6 heteroatoms. The quantitative estimate of drug-likeness (QED) is 0.665. The van der Waals surface area contributed by atoms with E-state index in [0.717, 1.165) is 6.07 Å². The first-order chi connectivity index (χ1) is 9.93. The van der Waals surface area contributed by atoms with Crippen molar-refractivity contribution in [2.45, 2.75) is 19.4 Å². The van der Waals surface area contributed by atoms with Gasteiger partial charge in [-0.25, -0.2) is 13.2 Å². The second-order valence-corrected chi connectivity index (χ2v) is 5.17. The highest BCUT2D eigenvalue weighted by Gasteiger charge is 2.19. The molecule has 0 heterocycles. The van der Waals surface area contributed by atoms with Gasteiger partial charge in [0.25, 0.3) is 0 Å². The average Bonchev–Trinajstić information content (AvgIpc) is 2.45. The summed E-state index contributed by atoms with van der Waals surface area (Å²) in [5.41, 5.74) is 3.19. The molecule has 0 aliphatic carbocycles. The Hall–Kier alpha value is -1.56. The van der Waals surface area contributed by atoms with Crippen molar-refractivity contribution in [1.29, 1.82) is 0 Å². The van der Waals surface area contributed by atoms with Crippen LogP contribution >= 0.6 is 11.6 Å². The number of nitrogens with two attached hydrogens (primary N) is 1. The molecule has 3 N–H and O–H groups in total. The first-order valence-electron chi connectivity index (χ1n) is 6.28. The van der Waals surface area contributed by atoms with Crippen LogP contribution in [0.3, 0.4) is 0 Å². The van der Waals surface area contributed by atoms with Crippen LogP contribution in [0.25, 0.3) is 0 Å². The lowest BCUT2D eigenvalue weighted by Gasteiger charge is -2.18. The van der Waals surface area contributed by atoms with Crippen LogP contribution in [0, 0.1) is 24.4 Å². The summed E-state index contributed by atoms with van der Waals surface area (Å²) in [6.45, 7) is 1.52. The third-order valence-corrected chi connectivity index (χ3v) is 3.60. The van der Waals surface area contributed by atoms with Crippen LogP contribution < -0.4 is 11.3 Å². The summed E-state index contributed by atoms with van der Waals surface area (Å²) in [6.07, 6.45) is 0.0882. The molecule has 0 radical (unpaired) electrons. The Labute approximate surface area is 125 Å². The number of hydrogen-bond donors (Lipinski definition) is 2. The first kappa shape index (κ1) is 15.8. The molecule has 112 valence electrons. The Bertz CT molecular complexity index is 662. The summed E-state index contributed by atoms with van der Waals surface area (Å²) in [5.74, 6) is 3.49. The highest BCUT2D eigenvalue weighted by molar-refractivity contribution is 6.30. The zero-order valence-electron chi connectivity index (χ0n) is 11.3. The molecular weight excluding hydrogens is 301 g/mol. The predicted molar refractivity (Wildman–Crippen MR) is 76.3 cm³/mol. The summed E-state index contributed by atoms with van der Waals surface area (Å²) >= 11 is 5.71. The third kappa shape index (κ3) is 3.37.